The zero-order valence-electron chi connectivity index (χ0n) is 12.8. The van der Waals surface area contributed by atoms with E-state index in [-0.39, 0.29) is 11.8 Å². The van der Waals surface area contributed by atoms with Crippen molar-refractivity contribution in [3.05, 3.63) is 27.7 Å². The first-order chi connectivity index (χ1) is 10.7. The normalized spacial score (nSPS) is 22.6. The third-order valence-electron chi connectivity index (χ3n) is 5.01. The minimum absolute atomic E-state index is 0.201. The van der Waals surface area contributed by atoms with Crippen LogP contribution in [-0.2, 0) is 0 Å². The first-order valence-corrected chi connectivity index (χ1v) is 9.05. The number of nitrogens with one attached hydrogen (secondary N) is 1. The Kier molecular flexibility index (Phi) is 5.50. The second-order valence-corrected chi connectivity index (χ2v) is 7.29. The summed E-state index contributed by atoms with van der Waals surface area (Å²) in [6.07, 6.45) is 6.31. The number of benzene rings is 1. The van der Waals surface area contributed by atoms with E-state index in [1.54, 1.807) is 12.1 Å². The van der Waals surface area contributed by atoms with E-state index in [4.69, 9.17) is 23.2 Å². The third-order valence-corrected chi connectivity index (χ3v) is 5.54. The van der Waals surface area contributed by atoms with Gasteiger partial charge in [-0.2, -0.15) is 0 Å². The number of hydrogen-bond acceptors (Lipinski definition) is 3. The SMILES string of the molecule is Oc1cc(Cl)cc(Cl)c1[C@@H](C1CCCCC1)N1CCNCC1. The Balaban J connectivity index is 1.96. The molecule has 1 aromatic rings. The molecule has 1 aliphatic heterocycles. The molecule has 1 aromatic carbocycles. The highest BCUT2D eigenvalue weighted by Crippen LogP contribution is 2.45. The Hall–Kier alpha value is -0.480. The van der Waals surface area contributed by atoms with Crippen molar-refractivity contribution >= 4 is 23.2 Å². The van der Waals surface area contributed by atoms with Crippen LogP contribution in [0.15, 0.2) is 12.1 Å². The van der Waals surface area contributed by atoms with Crippen molar-refractivity contribution in [1.29, 1.82) is 0 Å². The van der Waals surface area contributed by atoms with Gasteiger partial charge >= 0.3 is 0 Å². The molecule has 0 bridgehead atoms. The van der Waals surface area contributed by atoms with Crippen LogP contribution in [0.5, 0.6) is 5.75 Å². The average molecular weight is 343 g/mol. The van der Waals surface area contributed by atoms with Crippen molar-refractivity contribution in [2.45, 2.75) is 38.1 Å². The summed E-state index contributed by atoms with van der Waals surface area (Å²) >= 11 is 12.5. The van der Waals surface area contributed by atoms with E-state index in [0.29, 0.717) is 16.0 Å². The van der Waals surface area contributed by atoms with Gasteiger partial charge in [-0.15, -0.1) is 0 Å². The predicted molar refractivity (Wildman–Crippen MR) is 91.9 cm³/mol. The van der Waals surface area contributed by atoms with Gasteiger partial charge in [0.25, 0.3) is 0 Å². The van der Waals surface area contributed by atoms with Crippen LogP contribution in [0.3, 0.4) is 0 Å². The zero-order chi connectivity index (χ0) is 15.5. The van der Waals surface area contributed by atoms with Gasteiger partial charge in [0, 0.05) is 42.8 Å². The molecule has 1 aliphatic carbocycles. The first-order valence-electron chi connectivity index (χ1n) is 8.29. The number of rotatable bonds is 3. The molecule has 1 saturated heterocycles. The molecule has 22 heavy (non-hydrogen) atoms. The van der Waals surface area contributed by atoms with Gasteiger partial charge in [0.15, 0.2) is 0 Å². The van der Waals surface area contributed by atoms with E-state index in [2.05, 4.69) is 10.2 Å². The van der Waals surface area contributed by atoms with Crippen LogP contribution in [0.25, 0.3) is 0 Å². The maximum atomic E-state index is 10.5. The lowest BCUT2D eigenvalue weighted by Crippen LogP contribution is -2.47. The van der Waals surface area contributed by atoms with E-state index in [1.165, 1.54) is 32.1 Å². The molecule has 0 amide bonds. The van der Waals surface area contributed by atoms with E-state index >= 15 is 0 Å². The van der Waals surface area contributed by atoms with Crippen molar-refractivity contribution in [2.75, 3.05) is 26.2 Å². The predicted octanol–water partition coefficient (Wildman–Crippen LogP) is 4.23. The van der Waals surface area contributed by atoms with Gasteiger partial charge in [0.05, 0.1) is 5.02 Å². The molecule has 0 aromatic heterocycles. The number of piperazine rings is 1. The molecule has 122 valence electrons. The highest BCUT2D eigenvalue weighted by atomic mass is 35.5. The molecule has 3 rings (SSSR count). The number of nitrogens with zero attached hydrogens (tertiary/aromatic N) is 1. The monoisotopic (exact) mass is 342 g/mol. The average Bonchev–Trinajstić information content (AvgIpc) is 2.52. The van der Waals surface area contributed by atoms with Crippen LogP contribution in [0.2, 0.25) is 10.0 Å². The van der Waals surface area contributed by atoms with Crippen LogP contribution in [0, 0.1) is 5.92 Å². The molecule has 5 heteroatoms. The second kappa shape index (κ2) is 7.39. The second-order valence-electron chi connectivity index (χ2n) is 6.45. The van der Waals surface area contributed by atoms with E-state index < -0.39 is 0 Å². The lowest BCUT2D eigenvalue weighted by molar-refractivity contribution is 0.101. The zero-order valence-corrected chi connectivity index (χ0v) is 14.3. The minimum Gasteiger partial charge on any atom is -0.508 e. The highest BCUT2D eigenvalue weighted by Gasteiger charge is 2.34. The first kappa shape index (κ1) is 16.4. The number of aromatic hydroxyl groups is 1. The number of halogens is 2. The summed E-state index contributed by atoms with van der Waals surface area (Å²) in [6.45, 7) is 3.99. The van der Waals surface area contributed by atoms with Gasteiger partial charge in [-0.3, -0.25) is 4.90 Å². The topological polar surface area (TPSA) is 35.5 Å². The maximum Gasteiger partial charge on any atom is 0.123 e. The molecule has 0 spiro atoms. The quantitative estimate of drug-likeness (QED) is 0.862. The molecule has 1 heterocycles. The van der Waals surface area contributed by atoms with Gasteiger partial charge in [-0.1, -0.05) is 42.5 Å². The fraction of sp³-hybridized carbons (Fsp3) is 0.647. The Morgan fingerprint density at radius 3 is 2.41 bits per heavy atom. The maximum absolute atomic E-state index is 10.5. The minimum atomic E-state index is 0.201. The van der Waals surface area contributed by atoms with Crippen molar-refractivity contribution < 1.29 is 5.11 Å². The van der Waals surface area contributed by atoms with Crippen molar-refractivity contribution in [3.63, 3.8) is 0 Å². The van der Waals surface area contributed by atoms with Crippen LogP contribution in [0.1, 0.15) is 43.7 Å². The third kappa shape index (κ3) is 3.53. The number of hydrogen-bond donors (Lipinski definition) is 2. The van der Waals surface area contributed by atoms with Crippen LogP contribution in [-0.4, -0.2) is 36.2 Å². The van der Waals surface area contributed by atoms with Crippen molar-refractivity contribution in [3.8, 4) is 5.75 Å². The Bertz CT molecular complexity index is 470. The van der Waals surface area contributed by atoms with Gasteiger partial charge < -0.3 is 10.4 Å². The molecule has 1 saturated carbocycles. The van der Waals surface area contributed by atoms with Gasteiger partial charge in [0.1, 0.15) is 5.75 Å². The summed E-state index contributed by atoms with van der Waals surface area (Å²) in [4.78, 5) is 2.49. The molecule has 3 nitrogen and oxygen atoms in total. The molecule has 2 aliphatic rings. The van der Waals surface area contributed by atoms with Crippen LogP contribution in [0.4, 0.5) is 0 Å². The van der Waals surface area contributed by atoms with E-state index in [0.717, 1.165) is 31.7 Å². The van der Waals surface area contributed by atoms with Gasteiger partial charge in [-0.25, -0.2) is 0 Å². The summed E-state index contributed by atoms with van der Waals surface area (Å²) in [6, 6.07) is 3.59. The number of phenols is 1. The highest BCUT2D eigenvalue weighted by molar-refractivity contribution is 6.35. The van der Waals surface area contributed by atoms with Crippen molar-refractivity contribution in [1.82, 2.24) is 10.2 Å². The van der Waals surface area contributed by atoms with E-state index in [1.807, 2.05) is 0 Å². The number of phenolic OH excluding ortho intramolecular Hbond substituents is 1. The summed E-state index contributed by atoms with van der Waals surface area (Å²) in [7, 11) is 0. The van der Waals surface area contributed by atoms with Crippen LogP contribution < -0.4 is 5.32 Å². The summed E-state index contributed by atoms with van der Waals surface area (Å²) < 4.78 is 0. The van der Waals surface area contributed by atoms with Crippen LogP contribution >= 0.6 is 23.2 Å². The largest absolute Gasteiger partial charge is 0.508 e. The Morgan fingerprint density at radius 2 is 1.77 bits per heavy atom. The fourth-order valence-electron chi connectivity index (χ4n) is 3.99. The Labute approximate surface area is 142 Å². The molecular weight excluding hydrogens is 319 g/mol. The van der Waals surface area contributed by atoms with Gasteiger partial charge in [-0.05, 0) is 30.9 Å². The molecule has 2 N–H and O–H groups in total. The molecule has 0 radical (unpaired) electrons. The Morgan fingerprint density at radius 1 is 1.09 bits per heavy atom. The molecule has 0 unspecified atom stereocenters. The molecular formula is C17H24Cl2N2O. The molecule has 1 atom stereocenters. The smallest absolute Gasteiger partial charge is 0.123 e. The lowest BCUT2D eigenvalue weighted by Gasteiger charge is -2.41. The summed E-state index contributed by atoms with van der Waals surface area (Å²) in [5.74, 6) is 0.808. The van der Waals surface area contributed by atoms with Crippen molar-refractivity contribution in [2.24, 2.45) is 5.92 Å². The standard InChI is InChI=1S/C17H24Cl2N2O/c18-13-10-14(19)16(15(22)11-13)17(12-4-2-1-3-5-12)21-8-6-20-7-9-21/h10-12,17,20,22H,1-9H2/t17-/m1/s1. The van der Waals surface area contributed by atoms with E-state index in [9.17, 15) is 5.11 Å². The molecule has 2 fully saturated rings. The summed E-state index contributed by atoms with van der Waals surface area (Å²) in [5, 5.41) is 15.0. The fourth-order valence-corrected chi connectivity index (χ4v) is 4.59. The van der Waals surface area contributed by atoms with Gasteiger partial charge in [0.2, 0.25) is 0 Å². The lowest BCUT2D eigenvalue weighted by atomic mass is 9.80. The summed E-state index contributed by atoms with van der Waals surface area (Å²) in [5.41, 5.74) is 0.875.